The normalized spacial score (nSPS) is 29.9. The lowest BCUT2D eigenvalue weighted by Gasteiger charge is -2.32. The van der Waals surface area contributed by atoms with E-state index in [4.69, 9.17) is 4.74 Å². The number of carboxylic acids is 1. The maximum atomic E-state index is 12.8. The molecule has 0 aromatic heterocycles. The van der Waals surface area contributed by atoms with E-state index >= 15 is 0 Å². The van der Waals surface area contributed by atoms with Gasteiger partial charge >= 0.3 is 0 Å². The van der Waals surface area contributed by atoms with E-state index in [0.29, 0.717) is 11.3 Å². The van der Waals surface area contributed by atoms with E-state index in [2.05, 4.69) is 0 Å². The molecule has 2 saturated heterocycles. The first-order chi connectivity index (χ1) is 12.8. The van der Waals surface area contributed by atoms with Gasteiger partial charge < -0.3 is 25.1 Å². The van der Waals surface area contributed by atoms with Crippen LogP contribution in [0.2, 0.25) is 0 Å². The summed E-state index contributed by atoms with van der Waals surface area (Å²) in [6.07, 6.45) is 2.01. The molecule has 3 N–H and O–H groups in total. The molecule has 2 amide bonds. The standard InChI is InChI=1S/C18H22N2O6S/c1-20-15(22)11-12(16(20)23)18(17(24)25,7-8-27-3)19-13(11)9-5-4-6-10(26-2)14(9)21/h4-6,11-13,19,21H,7-8H2,1-3H3,(H,24,25)/t11-,12-,13+,18+/m0/s1. The molecule has 0 unspecified atom stereocenters. The Morgan fingerprint density at radius 3 is 2.70 bits per heavy atom. The number of nitrogens with zero attached hydrogens (tertiary/aromatic N) is 1. The average Bonchev–Trinajstić information content (AvgIpc) is 3.11. The monoisotopic (exact) mass is 394 g/mol. The first-order valence-corrected chi connectivity index (χ1v) is 9.93. The number of aliphatic carboxylic acids is 1. The third-order valence-corrected chi connectivity index (χ3v) is 6.31. The Bertz CT molecular complexity index is 800. The molecular weight excluding hydrogens is 372 g/mol. The second kappa shape index (κ2) is 7.05. The molecule has 8 nitrogen and oxygen atoms in total. The Balaban J connectivity index is 2.15. The molecule has 0 radical (unpaired) electrons. The minimum absolute atomic E-state index is 0.159. The molecule has 2 aliphatic rings. The number of thioether (sulfide) groups is 1. The zero-order valence-electron chi connectivity index (χ0n) is 15.3. The third-order valence-electron chi connectivity index (χ3n) is 5.70. The van der Waals surface area contributed by atoms with Crippen LogP contribution in [0.1, 0.15) is 18.0 Å². The SMILES string of the molecule is COc1cccc([C@H]2[NH2+][C@@](CCSC)(C(=O)[O-])[C@@H]3C(=O)N(C)C(=O)[C@H]23)c1O. The summed E-state index contributed by atoms with van der Waals surface area (Å²) in [4.78, 5) is 38.7. The summed E-state index contributed by atoms with van der Waals surface area (Å²) in [5.41, 5.74) is -1.20. The molecule has 9 heteroatoms. The Morgan fingerprint density at radius 2 is 2.11 bits per heavy atom. The Morgan fingerprint density at radius 1 is 1.41 bits per heavy atom. The summed E-state index contributed by atoms with van der Waals surface area (Å²) in [7, 11) is 2.77. The molecule has 1 aromatic rings. The fourth-order valence-corrected chi connectivity index (χ4v) is 4.87. The fourth-order valence-electron chi connectivity index (χ4n) is 4.33. The summed E-state index contributed by atoms with van der Waals surface area (Å²) in [5.74, 6) is -3.70. The molecule has 2 heterocycles. The van der Waals surface area contributed by atoms with Gasteiger partial charge in [0.25, 0.3) is 0 Å². The highest BCUT2D eigenvalue weighted by Gasteiger charge is 2.69. The average molecular weight is 394 g/mol. The molecule has 27 heavy (non-hydrogen) atoms. The van der Waals surface area contributed by atoms with Crippen molar-refractivity contribution in [2.45, 2.75) is 18.0 Å². The summed E-state index contributed by atoms with van der Waals surface area (Å²) in [6, 6.07) is 4.11. The van der Waals surface area contributed by atoms with E-state index in [1.54, 1.807) is 18.2 Å². The van der Waals surface area contributed by atoms with Crippen LogP contribution in [0.15, 0.2) is 18.2 Å². The number of carbonyl (C=O) groups is 3. The van der Waals surface area contributed by atoms with Gasteiger partial charge in [-0.3, -0.25) is 14.5 Å². The number of imide groups is 1. The predicted molar refractivity (Wildman–Crippen MR) is 94.8 cm³/mol. The number of ether oxygens (including phenoxy) is 1. The van der Waals surface area contributed by atoms with Crippen molar-refractivity contribution in [1.82, 2.24) is 4.90 Å². The van der Waals surface area contributed by atoms with Crippen molar-refractivity contribution in [2.75, 3.05) is 26.2 Å². The molecule has 1 aromatic carbocycles. The number of aromatic hydroxyl groups is 1. The highest BCUT2D eigenvalue weighted by molar-refractivity contribution is 7.98. The maximum Gasteiger partial charge on any atom is 0.239 e. The number of methoxy groups -OCH3 is 1. The number of likely N-dealkylation sites (tertiary alicyclic amines) is 1. The zero-order chi connectivity index (χ0) is 19.9. The van der Waals surface area contributed by atoms with Crippen LogP contribution in [0.3, 0.4) is 0 Å². The Kier molecular flexibility index (Phi) is 5.09. The number of phenols is 1. The number of rotatable bonds is 6. The smallest absolute Gasteiger partial charge is 0.239 e. The number of nitrogens with two attached hydrogens (primary N) is 1. The van der Waals surface area contributed by atoms with Crippen molar-refractivity contribution in [3.8, 4) is 11.5 Å². The second-order valence-electron chi connectivity index (χ2n) is 6.90. The number of hydrogen-bond acceptors (Lipinski definition) is 7. The molecule has 0 saturated carbocycles. The van der Waals surface area contributed by atoms with Gasteiger partial charge in [-0.2, -0.15) is 11.8 Å². The van der Waals surface area contributed by atoms with Crippen LogP contribution >= 0.6 is 11.8 Å². The molecule has 0 spiro atoms. The van der Waals surface area contributed by atoms with Crippen LogP contribution in [0, 0.1) is 11.8 Å². The summed E-state index contributed by atoms with van der Waals surface area (Å²) in [5, 5.41) is 24.3. The van der Waals surface area contributed by atoms with Gasteiger partial charge in [0.15, 0.2) is 17.0 Å². The minimum Gasteiger partial charge on any atom is -0.544 e. The maximum absolute atomic E-state index is 12.8. The number of hydrogen-bond donors (Lipinski definition) is 2. The number of phenolic OH excluding ortho intramolecular Hbond substituents is 1. The summed E-state index contributed by atoms with van der Waals surface area (Å²) < 4.78 is 5.13. The van der Waals surface area contributed by atoms with Gasteiger partial charge in [0, 0.05) is 13.5 Å². The van der Waals surface area contributed by atoms with Gasteiger partial charge in [-0.05, 0) is 24.1 Å². The van der Waals surface area contributed by atoms with Crippen molar-refractivity contribution >= 4 is 29.5 Å². The predicted octanol–water partition coefficient (Wildman–Crippen LogP) is -1.51. The largest absolute Gasteiger partial charge is 0.544 e. The summed E-state index contributed by atoms with van der Waals surface area (Å²) >= 11 is 1.46. The van der Waals surface area contributed by atoms with Gasteiger partial charge in [0.2, 0.25) is 11.8 Å². The van der Waals surface area contributed by atoms with Gasteiger partial charge in [0.05, 0.1) is 12.7 Å². The van der Waals surface area contributed by atoms with Crippen LogP contribution in [-0.4, -0.2) is 59.5 Å². The number of quaternary nitrogens is 1. The number of amides is 2. The lowest BCUT2D eigenvalue weighted by Crippen LogP contribution is -2.99. The summed E-state index contributed by atoms with van der Waals surface area (Å²) in [6.45, 7) is 0. The van der Waals surface area contributed by atoms with Gasteiger partial charge in [-0.25, -0.2) is 0 Å². The van der Waals surface area contributed by atoms with Gasteiger partial charge in [0.1, 0.15) is 23.8 Å². The number of fused-ring (bicyclic) bond motifs is 1. The van der Waals surface area contributed by atoms with E-state index in [0.717, 1.165) is 4.90 Å². The highest BCUT2D eigenvalue weighted by Crippen LogP contribution is 2.47. The fraction of sp³-hybridized carbons (Fsp3) is 0.500. The molecule has 0 bridgehead atoms. The molecule has 146 valence electrons. The van der Waals surface area contributed by atoms with E-state index in [1.807, 2.05) is 6.26 Å². The van der Waals surface area contributed by atoms with E-state index in [-0.39, 0.29) is 17.9 Å². The molecule has 4 atom stereocenters. The van der Waals surface area contributed by atoms with Crippen LogP contribution in [0.25, 0.3) is 0 Å². The first-order valence-electron chi connectivity index (χ1n) is 8.53. The quantitative estimate of drug-likeness (QED) is 0.562. The number of benzene rings is 1. The zero-order valence-corrected chi connectivity index (χ0v) is 16.1. The molecular formula is C18H22N2O6S. The van der Waals surface area contributed by atoms with E-state index in [1.165, 1.54) is 31.2 Å². The highest BCUT2D eigenvalue weighted by atomic mass is 32.2. The van der Waals surface area contributed by atoms with Gasteiger partial charge in [-0.1, -0.05) is 6.07 Å². The lowest BCUT2D eigenvalue weighted by molar-refractivity contribution is -0.739. The lowest BCUT2D eigenvalue weighted by atomic mass is 9.78. The van der Waals surface area contributed by atoms with Crippen molar-refractivity contribution in [3.63, 3.8) is 0 Å². The second-order valence-corrected chi connectivity index (χ2v) is 7.89. The van der Waals surface area contributed by atoms with Crippen LogP contribution in [-0.2, 0) is 14.4 Å². The Hall–Kier alpha value is -2.26. The van der Waals surface area contributed by atoms with Crippen LogP contribution in [0.4, 0.5) is 0 Å². The number of carbonyl (C=O) groups excluding carboxylic acids is 3. The number of para-hydroxylation sites is 1. The van der Waals surface area contributed by atoms with Crippen molar-refractivity contribution in [1.29, 1.82) is 0 Å². The molecule has 2 fully saturated rings. The van der Waals surface area contributed by atoms with E-state index in [9.17, 15) is 24.6 Å². The molecule has 0 aliphatic carbocycles. The Labute approximate surface area is 160 Å². The topological polar surface area (TPSA) is 124 Å². The molecule has 2 aliphatic heterocycles. The van der Waals surface area contributed by atoms with Crippen molar-refractivity contribution in [3.05, 3.63) is 23.8 Å². The van der Waals surface area contributed by atoms with Gasteiger partial charge in [-0.15, -0.1) is 0 Å². The first kappa shape index (κ1) is 19.5. The number of carboxylic acid groups (broad SMARTS) is 1. The van der Waals surface area contributed by atoms with Crippen molar-refractivity contribution < 1.29 is 34.7 Å². The van der Waals surface area contributed by atoms with Crippen LogP contribution in [0.5, 0.6) is 11.5 Å². The van der Waals surface area contributed by atoms with Crippen LogP contribution < -0.4 is 15.2 Å². The third kappa shape index (κ3) is 2.76. The minimum atomic E-state index is -1.56. The van der Waals surface area contributed by atoms with Crippen molar-refractivity contribution in [2.24, 2.45) is 11.8 Å². The van der Waals surface area contributed by atoms with E-state index < -0.39 is 41.2 Å². The molecule has 3 rings (SSSR count).